The van der Waals surface area contributed by atoms with Crippen LogP contribution in [0.15, 0.2) is 4.34 Å². The number of halogens is 3. The van der Waals surface area contributed by atoms with Crippen LogP contribution in [0.1, 0.15) is 12.7 Å². The molecule has 1 rings (SSSR count). The Bertz CT molecular complexity index is 383. The van der Waals surface area contributed by atoms with E-state index in [4.69, 9.17) is 5.26 Å². The Morgan fingerprint density at radius 3 is 2.69 bits per heavy atom. The van der Waals surface area contributed by atoms with Crippen LogP contribution in [0.3, 0.4) is 0 Å². The Morgan fingerprint density at radius 2 is 2.25 bits per heavy atom. The molecule has 0 spiro atoms. The lowest BCUT2D eigenvalue weighted by atomic mass is 10.2. The van der Waals surface area contributed by atoms with Crippen LogP contribution in [0.2, 0.25) is 0 Å². The van der Waals surface area contributed by atoms with Crippen molar-refractivity contribution in [3.63, 3.8) is 0 Å². The Kier molecular flexibility index (Phi) is 4.56. The SMILES string of the molecule is CCc1nsc(SCC(C#N)C(F)(F)F)n1. The number of hydrogen-bond donors (Lipinski definition) is 0. The Morgan fingerprint density at radius 1 is 1.56 bits per heavy atom. The molecule has 0 fully saturated rings. The fourth-order valence-electron chi connectivity index (χ4n) is 0.800. The van der Waals surface area contributed by atoms with Gasteiger partial charge in [-0.25, -0.2) is 4.98 Å². The third-order valence-electron chi connectivity index (χ3n) is 1.69. The fraction of sp³-hybridized carbons (Fsp3) is 0.625. The van der Waals surface area contributed by atoms with Crippen molar-refractivity contribution < 1.29 is 13.2 Å². The van der Waals surface area contributed by atoms with Crippen LogP contribution in [0.4, 0.5) is 13.2 Å². The van der Waals surface area contributed by atoms with E-state index in [0.717, 1.165) is 23.3 Å². The predicted octanol–water partition coefficient (Wildman–Crippen LogP) is 2.89. The van der Waals surface area contributed by atoms with E-state index in [1.54, 1.807) is 0 Å². The van der Waals surface area contributed by atoms with Gasteiger partial charge < -0.3 is 0 Å². The van der Waals surface area contributed by atoms with Crippen molar-refractivity contribution >= 4 is 23.3 Å². The molecule has 1 unspecified atom stereocenters. The van der Waals surface area contributed by atoms with Crippen LogP contribution in [0.25, 0.3) is 0 Å². The van der Waals surface area contributed by atoms with Gasteiger partial charge in [0.25, 0.3) is 0 Å². The molecule has 1 aromatic heterocycles. The number of nitrogens with zero attached hydrogens (tertiary/aromatic N) is 3. The molecule has 1 heterocycles. The number of rotatable bonds is 4. The van der Waals surface area contributed by atoms with Crippen LogP contribution in [0, 0.1) is 17.2 Å². The number of hydrogen-bond acceptors (Lipinski definition) is 5. The summed E-state index contributed by atoms with van der Waals surface area (Å²) >= 11 is 1.98. The summed E-state index contributed by atoms with van der Waals surface area (Å²) in [6, 6.07) is 1.24. The normalized spacial score (nSPS) is 13.4. The standard InChI is InChI=1S/C8H8F3N3S2/c1-2-6-13-7(16-14-6)15-4-5(3-12)8(9,10)11/h5H,2,4H2,1H3. The van der Waals surface area contributed by atoms with Gasteiger partial charge in [-0.05, 0) is 11.5 Å². The van der Waals surface area contributed by atoms with Gasteiger partial charge in [-0.15, -0.1) is 0 Å². The highest BCUT2D eigenvalue weighted by molar-refractivity contribution is 8.00. The molecule has 8 heteroatoms. The monoisotopic (exact) mass is 267 g/mol. The first-order valence-electron chi connectivity index (χ1n) is 4.39. The largest absolute Gasteiger partial charge is 0.405 e. The van der Waals surface area contributed by atoms with Crippen LogP contribution >= 0.6 is 23.3 Å². The first-order valence-corrected chi connectivity index (χ1v) is 6.15. The maximum absolute atomic E-state index is 12.2. The van der Waals surface area contributed by atoms with Crippen molar-refractivity contribution in [2.45, 2.75) is 23.9 Å². The number of thioether (sulfide) groups is 1. The summed E-state index contributed by atoms with van der Waals surface area (Å²) in [5.74, 6) is -1.67. The summed E-state index contributed by atoms with van der Waals surface area (Å²) < 4.78 is 41.1. The van der Waals surface area contributed by atoms with Crippen LogP contribution in [-0.4, -0.2) is 21.3 Å². The summed E-state index contributed by atoms with van der Waals surface area (Å²) in [7, 11) is 0. The smallest absolute Gasteiger partial charge is 0.213 e. The van der Waals surface area contributed by atoms with Crippen molar-refractivity contribution in [2.75, 3.05) is 5.75 Å². The van der Waals surface area contributed by atoms with Crippen molar-refractivity contribution in [1.82, 2.24) is 9.36 Å². The molecule has 1 aromatic rings. The minimum Gasteiger partial charge on any atom is -0.213 e. The molecular weight excluding hydrogens is 259 g/mol. The molecule has 1 atom stereocenters. The Balaban J connectivity index is 2.54. The lowest BCUT2D eigenvalue weighted by molar-refractivity contribution is -0.152. The third-order valence-corrected chi connectivity index (χ3v) is 3.66. The minimum absolute atomic E-state index is 0.335. The molecular formula is C8H8F3N3S2. The molecule has 0 radical (unpaired) electrons. The molecule has 0 aliphatic rings. The first-order chi connectivity index (χ1) is 7.47. The van der Waals surface area contributed by atoms with Crippen molar-refractivity contribution in [3.05, 3.63) is 5.82 Å². The topological polar surface area (TPSA) is 49.6 Å². The van der Waals surface area contributed by atoms with Gasteiger partial charge in [-0.2, -0.15) is 22.8 Å². The second kappa shape index (κ2) is 5.50. The molecule has 0 saturated carbocycles. The molecule has 0 amide bonds. The quantitative estimate of drug-likeness (QED) is 0.787. The summed E-state index contributed by atoms with van der Waals surface area (Å²) in [5, 5.41) is 8.38. The third kappa shape index (κ3) is 3.64. The van der Waals surface area contributed by atoms with Crippen molar-refractivity contribution in [2.24, 2.45) is 5.92 Å². The molecule has 0 aromatic carbocycles. The molecule has 0 N–H and O–H groups in total. The maximum Gasteiger partial charge on any atom is 0.405 e. The van der Waals surface area contributed by atoms with Crippen molar-refractivity contribution in [1.29, 1.82) is 5.26 Å². The van der Waals surface area contributed by atoms with Gasteiger partial charge in [-0.1, -0.05) is 18.7 Å². The second-order valence-electron chi connectivity index (χ2n) is 2.86. The number of nitriles is 1. The van der Waals surface area contributed by atoms with Gasteiger partial charge in [0.1, 0.15) is 5.82 Å². The van der Waals surface area contributed by atoms with Gasteiger partial charge >= 0.3 is 6.18 Å². The van der Waals surface area contributed by atoms with E-state index in [1.165, 1.54) is 6.07 Å². The summed E-state index contributed by atoms with van der Waals surface area (Å²) in [4.78, 5) is 4.01. The zero-order valence-electron chi connectivity index (χ0n) is 8.28. The average Bonchev–Trinajstić information content (AvgIpc) is 2.64. The van der Waals surface area contributed by atoms with Crippen molar-refractivity contribution in [3.8, 4) is 6.07 Å². The number of aryl methyl sites for hydroxylation is 1. The Hall–Kier alpha value is -0.810. The van der Waals surface area contributed by atoms with Gasteiger partial charge in [0.05, 0.1) is 6.07 Å². The summed E-state index contributed by atoms with van der Waals surface area (Å²) in [6.07, 6.45) is -3.82. The van der Waals surface area contributed by atoms with Gasteiger partial charge in [0.2, 0.25) is 0 Å². The lowest BCUT2D eigenvalue weighted by Gasteiger charge is -2.10. The van der Waals surface area contributed by atoms with E-state index in [1.807, 2.05) is 6.92 Å². The number of aromatic nitrogens is 2. The summed E-state index contributed by atoms with van der Waals surface area (Å²) in [6.45, 7) is 1.87. The van der Waals surface area contributed by atoms with E-state index >= 15 is 0 Å². The molecule has 0 aliphatic carbocycles. The molecule has 16 heavy (non-hydrogen) atoms. The first kappa shape index (κ1) is 13.3. The lowest BCUT2D eigenvalue weighted by Crippen LogP contribution is -2.23. The highest BCUT2D eigenvalue weighted by Crippen LogP contribution is 2.31. The van der Waals surface area contributed by atoms with Gasteiger partial charge in [-0.3, -0.25) is 0 Å². The zero-order chi connectivity index (χ0) is 12.2. The van der Waals surface area contributed by atoms with E-state index < -0.39 is 12.1 Å². The van der Waals surface area contributed by atoms with Crippen LogP contribution < -0.4 is 0 Å². The summed E-state index contributed by atoms with van der Waals surface area (Å²) in [5.41, 5.74) is 0. The van der Waals surface area contributed by atoms with E-state index in [0.29, 0.717) is 16.6 Å². The predicted molar refractivity (Wildman–Crippen MR) is 55.2 cm³/mol. The highest BCUT2D eigenvalue weighted by Gasteiger charge is 2.39. The van der Waals surface area contributed by atoms with E-state index in [-0.39, 0.29) is 5.75 Å². The average molecular weight is 267 g/mol. The second-order valence-corrected chi connectivity index (χ2v) is 4.88. The van der Waals surface area contributed by atoms with Crippen LogP contribution in [0.5, 0.6) is 0 Å². The van der Waals surface area contributed by atoms with E-state index in [9.17, 15) is 13.2 Å². The molecule has 3 nitrogen and oxygen atoms in total. The van der Waals surface area contributed by atoms with Gasteiger partial charge in [0.15, 0.2) is 10.3 Å². The Labute approximate surface area is 98.9 Å². The molecule has 88 valence electrons. The highest BCUT2D eigenvalue weighted by atomic mass is 32.2. The molecule has 0 saturated heterocycles. The number of alkyl halides is 3. The van der Waals surface area contributed by atoms with E-state index in [2.05, 4.69) is 9.36 Å². The minimum atomic E-state index is -4.47. The fourth-order valence-corrected chi connectivity index (χ4v) is 2.57. The zero-order valence-corrected chi connectivity index (χ0v) is 9.92. The maximum atomic E-state index is 12.2. The molecule has 0 bridgehead atoms. The van der Waals surface area contributed by atoms with Gasteiger partial charge in [0, 0.05) is 12.2 Å². The molecule has 0 aliphatic heterocycles. The van der Waals surface area contributed by atoms with Crippen LogP contribution in [-0.2, 0) is 6.42 Å².